The van der Waals surface area contributed by atoms with Crippen LogP contribution in [0.3, 0.4) is 0 Å². The number of aromatic nitrogens is 2. The van der Waals surface area contributed by atoms with Crippen molar-refractivity contribution in [2.24, 2.45) is 7.05 Å². The van der Waals surface area contributed by atoms with E-state index >= 15 is 0 Å². The van der Waals surface area contributed by atoms with Gasteiger partial charge in [0.15, 0.2) is 5.69 Å². The zero-order valence-corrected chi connectivity index (χ0v) is 18.1. The molecule has 0 aliphatic carbocycles. The molecule has 0 aliphatic rings. The summed E-state index contributed by atoms with van der Waals surface area (Å²) < 4.78 is 1.48. The van der Waals surface area contributed by atoms with E-state index in [1.54, 1.807) is 13.2 Å². The molecular weight excluding hydrogens is 376 g/mol. The summed E-state index contributed by atoms with van der Waals surface area (Å²) in [5.41, 5.74) is 3.84. The summed E-state index contributed by atoms with van der Waals surface area (Å²) >= 11 is 0. The molecule has 156 valence electrons. The van der Waals surface area contributed by atoms with Gasteiger partial charge in [0, 0.05) is 24.6 Å². The van der Waals surface area contributed by atoms with Crippen LogP contribution in [-0.2, 0) is 7.05 Å². The summed E-state index contributed by atoms with van der Waals surface area (Å²) in [6, 6.07) is 15.3. The third-order valence-electron chi connectivity index (χ3n) is 4.95. The van der Waals surface area contributed by atoms with Crippen molar-refractivity contribution in [3.63, 3.8) is 0 Å². The van der Waals surface area contributed by atoms with E-state index in [2.05, 4.69) is 43.4 Å². The highest BCUT2D eigenvalue weighted by atomic mass is 16.2. The average Bonchev–Trinajstić information content (AvgIpc) is 3.10. The van der Waals surface area contributed by atoms with Crippen LogP contribution in [0.15, 0.2) is 54.7 Å². The number of amides is 2. The van der Waals surface area contributed by atoms with Crippen LogP contribution in [0.5, 0.6) is 0 Å². The van der Waals surface area contributed by atoms with Crippen LogP contribution >= 0.6 is 0 Å². The summed E-state index contributed by atoms with van der Waals surface area (Å²) in [4.78, 5) is 26.0. The molecule has 0 unspecified atom stereocenters. The molecule has 0 aliphatic heterocycles. The molecule has 2 N–H and O–H groups in total. The Morgan fingerprint density at radius 3 is 1.77 bits per heavy atom. The van der Waals surface area contributed by atoms with Gasteiger partial charge in [-0.1, -0.05) is 64.1 Å². The second kappa shape index (κ2) is 8.95. The summed E-state index contributed by atoms with van der Waals surface area (Å²) in [6.07, 6.45) is 1.57. The Hall–Kier alpha value is -3.41. The van der Waals surface area contributed by atoms with E-state index in [1.165, 1.54) is 4.68 Å². The lowest BCUT2D eigenvalue weighted by atomic mass is 10.0. The van der Waals surface area contributed by atoms with E-state index in [0.29, 0.717) is 0 Å². The standard InChI is InChI=1S/C24H28N4O2/c1-15(2)17-10-6-8-12-20(17)25-23(29)19-14-28(5)27-22(19)24(30)26-21-13-9-7-11-18(21)16(3)4/h6-16H,1-5H3,(H,25,29)(H,26,30). The first-order chi connectivity index (χ1) is 14.3. The van der Waals surface area contributed by atoms with E-state index in [-0.39, 0.29) is 29.0 Å². The molecule has 1 aromatic heterocycles. The Balaban J connectivity index is 1.88. The molecular formula is C24H28N4O2. The summed E-state index contributed by atoms with van der Waals surface area (Å²) in [7, 11) is 1.69. The van der Waals surface area contributed by atoms with Crippen LogP contribution in [0.4, 0.5) is 11.4 Å². The average molecular weight is 405 g/mol. The number of aryl methyl sites for hydroxylation is 1. The van der Waals surface area contributed by atoms with Gasteiger partial charge in [-0.05, 0) is 35.1 Å². The second-order valence-electron chi connectivity index (χ2n) is 7.96. The molecule has 3 aromatic rings. The lowest BCUT2D eigenvalue weighted by Crippen LogP contribution is -2.20. The highest BCUT2D eigenvalue weighted by molar-refractivity contribution is 6.14. The monoisotopic (exact) mass is 404 g/mol. The Labute approximate surface area is 177 Å². The van der Waals surface area contributed by atoms with Crippen LogP contribution in [0.1, 0.15) is 71.5 Å². The van der Waals surface area contributed by atoms with Crippen molar-refractivity contribution < 1.29 is 9.59 Å². The van der Waals surface area contributed by atoms with Crippen LogP contribution in [0.2, 0.25) is 0 Å². The minimum Gasteiger partial charge on any atom is -0.322 e. The molecule has 6 nitrogen and oxygen atoms in total. The van der Waals surface area contributed by atoms with Gasteiger partial charge in [-0.25, -0.2) is 0 Å². The molecule has 1 heterocycles. The van der Waals surface area contributed by atoms with Gasteiger partial charge in [-0.2, -0.15) is 5.10 Å². The molecule has 2 amide bonds. The van der Waals surface area contributed by atoms with E-state index in [4.69, 9.17) is 0 Å². The third kappa shape index (κ3) is 4.59. The highest BCUT2D eigenvalue weighted by Crippen LogP contribution is 2.26. The van der Waals surface area contributed by atoms with Gasteiger partial charge >= 0.3 is 0 Å². The fraction of sp³-hybridized carbons (Fsp3) is 0.292. The lowest BCUT2D eigenvalue weighted by molar-refractivity contribution is 0.0988. The number of anilines is 2. The molecule has 0 saturated heterocycles. The smallest absolute Gasteiger partial charge is 0.277 e. The molecule has 6 heteroatoms. The first kappa shape index (κ1) is 21.3. The zero-order chi connectivity index (χ0) is 21.8. The van der Waals surface area contributed by atoms with E-state index in [1.807, 2.05) is 48.5 Å². The van der Waals surface area contributed by atoms with Crippen LogP contribution < -0.4 is 10.6 Å². The van der Waals surface area contributed by atoms with Crippen LogP contribution in [-0.4, -0.2) is 21.6 Å². The molecule has 0 bridgehead atoms. The molecule has 2 aromatic carbocycles. The summed E-state index contributed by atoms with van der Waals surface area (Å²) in [5.74, 6) is -0.268. The van der Waals surface area contributed by atoms with Gasteiger partial charge in [0.25, 0.3) is 11.8 Å². The van der Waals surface area contributed by atoms with Crippen molar-refractivity contribution in [1.29, 1.82) is 0 Å². The van der Waals surface area contributed by atoms with Gasteiger partial charge in [0.1, 0.15) is 0 Å². The highest BCUT2D eigenvalue weighted by Gasteiger charge is 2.23. The minimum atomic E-state index is -0.411. The van der Waals surface area contributed by atoms with Crippen molar-refractivity contribution >= 4 is 23.2 Å². The van der Waals surface area contributed by atoms with Gasteiger partial charge < -0.3 is 10.6 Å². The zero-order valence-electron chi connectivity index (χ0n) is 18.1. The Morgan fingerprint density at radius 1 is 0.800 bits per heavy atom. The fourth-order valence-electron chi connectivity index (χ4n) is 3.42. The Kier molecular flexibility index (Phi) is 6.35. The van der Waals surface area contributed by atoms with Gasteiger partial charge in [-0.3, -0.25) is 14.3 Å². The van der Waals surface area contributed by atoms with Crippen molar-refractivity contribution in [2.75, 3.05) is 10.6 Å². The summed E-state index contributed by atoms with van der Waals surface area (Å²) in [6.45, 7) is 8.27. The molecule has 0 spiro atoms. The number of carbonyl (C=O) groups is 2. The fourth-order valence-corrected chi connectivity index (χ4v) is 3.42. The number of nitrogens with one attached hydrogen (secondary N) is 2. The molecule has 3 rings (SSSR count). The van der Waals surface area contributed by atoms with E-state index < -0.39 is 5.91 Å². The number of hydrogen-bond donors (Lipinski definition) is 2. The van der Waals surface area contributed by atoms with Crippen molar-refractivity contribution in [3.8, 4) is 0 Å². The molecule has 0 atom stereocenters. The molecule has 0 radical (unpaired) electrons. The predicted octanol–water partition coefficient (Wildman–Crippen LogP) is 5.17. The van der Waals surface area contributed by atoms with Crippen molar-refractivity contribution in [3.05, 3.63) is 77.1 Å². The van der Waals surface area contributed by atoms with Crippen molar-refractivity contribution in [1.82, 2.24) is 9.78 Å². The third-order valence-corrected chi connectivity index (χ3v) is 4.95. The number of carbonyl (C=O) groups excluding carboxylic acids is 2. The lowest BCUT2D eigenvalue weighted by Gasteiger charge is -2.14. The minimum absolute atomic E-state index is 0.0931. The maximum atomic E-state index is 13.0. The van der Waals surface area contributed by atoms with Gasteiger partial charge in [0.2, 0.25) is 0 Å². The second-order valence-corrected chi connectivity index (χ2v) is 7.96. The first-order valence-corrected chi connectivity index (χ1v) is 10.1. The quantitative estimate of drug-likeness (QED) is 0.595. The molecule has 0 saturated carbocycles. The Morgan fingerprint density at radius 2 is 1.27 bits per heavy atom. The number of benzene rings is 2. The maximum absolute atomic E-state index is 13.0. The van der Waals surface area contributed by atoms with Gasteiger partial charge in [0.05, 0.1) is 5.56 Å². The number of hydrogen-bond acceptors (Lipinski definition) is 3. The molecule has 30 heavy (non-hydrogen) atoms. The van der Waals surface area contributed by atoms with E-state index in [0.717, 1.165) is 22.5 Å². The number of nitrogens with zero attached hydrogens (tertiary/aromatic N) is 2. The first-order valence-electron chi connectivity index (χ1n) is 10.1. The largest absolute Gasteiger partial charge is 0.322 e. The van der Waals surface area contributed by atoms with Crippen molar-refractivity contribution in [2.45, 2.75) is 39.5 Å². The van der Waals surface area contributed by atoms with Gasteiger partial charge in [-0.15, -0.1) is 0 Å². The predicted molar refractivity (Wildman–Crippen MR) is 120 cm³/mol. The molecule has 0 fully saturated rings. The maximum Gasteiger partial charge on any atom is 0.277 e. The number of rotatable bonds is 6. The number of para-hydroxylation sites is 2. The van der Waals surface area contributed by atoms with E-state index in [9.17, 15) is 9.59 Å². The van der Waals surface area contributed by atoms with Crippen LogP contribution in [0, 0.1) is 0 Å². The normalized spacial score (nSPS) is 11.0. The topological polar surface area (TPSA) is 76.0 Å². The summed E-state index contributed by atoms with van der Waals surface area (Å²) in [5, 5.41) is 10.1. The Bertz CT molecular complexity index is 984. The van der Waals surface area contributed by atoms with Crippen LogP contribution in [0.25, 0.3) is 0 Å². The SMILES string of the molecule is CC(C)c1ccccc1NC(=O)c1cn(C)nc1C(=O)Nc1ccccc1C(C)C.